The summed E-state index contributed by atoms with van der Waals surface area (Å²) in [6.45, 7) is 0.980. The molecule has 0 bridgehead atoms. The lowest BCUT2D eigenvalue weighted by Gasteiger charge is -2.14. The fourth-order valence-corrected chi connectivity index (χ4v) is 2.04. The molecule has 0 saturated heterocycles. The van der Waals surface area contributed by atoms with E-state index in [0.717, 1.165) is 5.56 Å². The van der Waals surface area contributed by atoms with Crippen LogP contribution in [0, 0.1) is 5.82 Å². The standard InChI is InChI=1S/C20H20FN3O4/c1-14(22-18(25)12-11-15-7-3-2-4-8-15)20(27)24-23-19(26)13-28-17-10-6-5-9-16(17)21/h2-12,14H,13H2,1H3,(H,22,25)(H,23,26)(H,24,27)/b12-11+/t14-/m0/s1. The average Bonchev–Trinajstić information content (AvgIpc) is 2.70. The van der Waals surface area contributed by atoms with Gasteiger partial charge in [0.25, 0.3) is 11.8 Å². The first-order chi connectivity index (χ1) is 13.5. The molecule has 0 aromatic heterocycles. The highest BCUT2D eigenvalue weighted by Gasteiger charge is 2.15. The molecule has 0 heterocycles. The SMILES string of the molecule is C[C@H](NC(=O)/C=C/c1ccccc1)C(=O)NNC(=O)COc1ccccc1F. The molecule has 2 aromatic rings. The van der Waals surface area contributed by atoms with Crippen molar-refractivity contribution >= 4 is 23.8 Å². The summed E-state index contributed by atoms with van der Waals surface area (Å²) >= 11 is 0. The zero-order valence-electron chi connectivity index (χ0n) is 15.1. The van der Waals surface area contributed by atoms with Gasteiger partial charge in [-0.25, -0.2) is 4.39 Å². The van der Waals surface area contributed by atoms with Crippen molar-refractivity contribution in [2.75, 3.05) is 6.61 Å². The summed E-state index contributed by atoms with van der Waals surface area (Å²) in [5.74, 6) is -2.44. The summed E-state index contributed by atoms with van der Waals surface area (Å²) in [7, 11) is 0. The topological polar surface area (TPSA) is 96.5 Å². The van der Waals surface area contributed by atoms with Gasteiger partial charge < -0.3 is 10.1 Å². The Labute approximate surface area is 161 Å². The van der Waals surface area contributed by atoms with Gasteiger partial charge >= 0.3 is 0 Å². The second-order valence-corrected chi connectivity index (χ2v) is 5.73. The Balaban J connectivity index is 1.71. The van der Waals surface area contributed by atoms with Crippen LogP contribution in [0.4, 0.5) is 4.39 Å². The van der Waals surface area contributed by atoms with Crippen molar-refractivity contribution in [3.63, 3.8) is 0 Å². The maximum atomic E-state index is 13.4. The summed E-state index contributed by atoms with van der Waals surface area (Å²) < 4.78 is 18.4. The van der Waals surface area contributed by atoms with Crippen molar-refractivity contribution in [2.24, 2.45) is 0 Å². The molecule has 8 heteroatoms. The van der Waals surface area contributed by atoms with Crippen LogP contribution in [0.15, 0.2) is 60.7 Å². The van der Waals surface area contributed by atoms with Gasteiger partial charge in [0.15, 0.2) is 18.2 Å². The number of halogens is 1. The Morgan fingerprint density at radius 3 is 2.43 bits per heavy atom. The maximum Gasteiger partial charge on any atom is 0.276 e. The van der Waals surface area contributed by atoms with E-state index in [1.807, 2.05) is 30.3 Å². The molecule has 0 fully saturated rings. The number of hydrazine groups is 1. The first-order valence-electron chi connectivity index (χ1n) is 8.45. The van der Waals surface area contributed by atoms with Crippen LogP contribution in [0.2, 0.25) is 0 Å². The summed E-state index contributed by atoms with van der Waals surface area (Å²) in [4.78, 5) is 35.4. The highest BCUT2D eigenvalue weighted by Crippen LogP contribution is 2.14. The maximum absolute atomic E-state index is 13.4. The van der Waals surface area contributed by atoms with Crippen molar-refractivity contribution < 1.29 is 23.5 Å². The zero-order valence-corrected chi connectivity index (χ0v) is 15.1. The van der Waals surface area contributed by atoms with E-state index in [1.165, 1.54) is 31.2 Å². The summed E-state index contributed by atoms with van der Waals surface area (Å²) in [6, 6.07) is 13.9. The molecule has 2 rings (SSSR count). The van der Waals surface area contributed by atoms with Gasteiger partial charge in [-0.1, -0.05) is 42.5 Å². The second-order valence-electron chi connectivity index (χ2n) is 5.73. The van der Waals surface area contributed by atoms with E-state index < -0.39 is 36.2 Å². The van der Waals surface area contributed by atoms with Crippen LogP contribution in [-0.2, 0) is 14.4 Å². The predicted octanol–water partition coefficient (Wildman–Crippen LogP) is 1.57. The predicted molar refractivity (Wildman–Crippen MR) is 101 cm³/mol. The Kier molecular flexibility index (Phi) is 7.71. The molecular weight excluding hydrogens is 365 g/mol. The van der Waals surface area contributed by atoms with E-state index >= 15 is 0 Å². The monoisotopic (exact) mass is 385 g/mol. The minimum absolute atomic E-state index is 0.0742. The van der Waals surface area contributed by atoms with Crippen LogP contribution in [0.3, 0.4) is 0 Å². The molecule has 28 heavy (non-hydrogen) atoms. The normalized spacial score (nSPS) is 11.5. The number of carbonyl (C=O) groups is 3. The molecule has 146 valence electrons. The first kappa shape index (κ1) is 20.6. The number of rotatable bonds is 7. The third-order valence-corrected chi connectivity index (χ3v) is 3.50. The first-order valence-corrected chi connectivity index (χ1v) is 8.45. The molecule has 0 aliphatic heterocycles. The second kappa shape index (κ2) is 10.5. The van der Waals surface area contributed by atoms with Crippen LogP contribution in [0.5, 0.6) is 5.75 Å². The molecule has 3 N–H and O–H groups in total. The number of hydrogen-bond acceptors (Lipinski definition) is 4. The highest BCUT2D eigenvalue weighted by atomic mass is 19.1. The van der Waals surface area contributed by atoms with E-state index in [-0.39, 0.29) is 5.75 Å². The highest BCUT2D eigenvalue weighted by molar-refractivity contribution is 5.95. The number of carbonyl (C=O) groups excluding carboxylic acids is 3. The van der Waals surface area contributed by atoms with E-state index in [0.29, 0.717) is 0 Å². The Morgan fingerprint density at radius 1 is 1.04 bits per heavy atom. The fourth-order valence-electron chi connectivity index (χ4n) is 2.04. The fraction of sp³-hybridized carbons (Fsp3) is 0.150. The lowest BCUT2D eigenvalue weighted by Crippen LogP contribution is -2.51. The Bertz CT molecular complexity index is 856. The number of ether oxygens (including phenoxy) is 1. The molecule has 0 unspecified atom stereocenters. The summed E-state index contributed by atoms with van der Waals surface area (Å²) in [5, 5.41) is 2.47. The van der Waals surface area contributed by atoms with E-state index in [1.54, 1.807) is 12.1 Å². The average molecular weight is 385 g/mol. The molecular formula is C20H20FN3O4. The third kappa shape index (κ3) is 6.91. The van der Waals surface area contributed by atoms with Crippen molar-refractivity contribution in [1.29, 1.82) is 0 Å². The van der Waals surface area contributed by atoms with Crippen LogP contribution in [0.1, 0.15) is 12.5 Å². The quantitative estimate of drug-likeness (QED) is 0.498. The number of nitrogens with one attached hydrogen (secondary N) is 3. The molecule has 1 atom stereocenters. The van der Waals surface area contributed by atoms with Gasteiger partial charge in [-0.3, -0.25) is 25.2 Å². The van der Waals surface area contributed by atoms with Gasteiger partial charge in [0.05, 0.1) is 0 Å². The van der Waals surface area contributed by atoms with Gasteiger partial charge in [0.2, 0.25) is 5.91 Å². The van der Waals surface area contributed by atoms with Crippen molar-refractivity contribution in [1.82, 2.24) is 16.2 Å². The lowest BCUT2D eigenvalue weighted by atomic mass is 10.2. The van der Waals surface area contributed by atoms with Crippen LogP contribution in [-0.4, -0.2) is 30.4 Å². The zero-order chi connectivity index (χ0) is 20.4. The molecule has 0 aliphatic rings. The van der Waals surface area contributed by atoms with Crippen molar-refractivity contribution in [3.05, 3.63) is 72.1 Å². The summed E-state index contributed by atoms with van der Waals surface area (Å²) in [6.07, 6.45) is 2.92. The van der Waals surface area contributed by atoms with Crippen molar-refractivity contribution in [2.45, 2.75) is 13.0 Å². The smallest absolute Gasteiger partial charge is 0.276 e. The van der Waals surface area contributed by atoms with Gasteiger partial charge in [-0.2, -0.15) is 0 Å². The van der Waals surface area contributed by atoms with Gasteiger partial charge in [-0.05, 0) is 30.7 Å². The molecule has 0 saturated carbocycles. The number of para-hydroxylation sites is 1. The van der Waals surface area contributed by atoms with Gasteiger partial charge in [0.1, 0.15) is 6.04 Å². The largest absolute Gasteiger partial charge is 0.481 e. The molecule has 0 aliphatic carbocycles. The van der Waals surface area contributed by atoms with Crippen LogP contribution >= 0.6 is 0 Å². The minimum Gasteiger partial charge on any atom is -0.481 e. The molecule has 3 amide bonds. The number of benzene rings is 2. The van der Waals surface area contributed by atoms with Crippen LogP contribution in [0.25, 0.3) is 6.08 Å². The Morgan fingerprint density at radius 2 is 1.71 bits per heavy atom. The Hall–Kier alpha value is -3.68. The van der Waals surface area contributed by atoms with Crippen LogP contribution < -0.4 is 20.9 Å². The van der Waals surface area contributed by atoms with Gasteiger partial charge in [-0.15, -0.1) is 0 Å². The van der Waals surface area contributed by atoms with Crippen molar-refractivity contribution in [3.8, 4) is 5.75 Å². The molecule has 2 aromatic carbocycles. The molecule has 7 nitrogen and oxygen atoms in total. The number of amides is 3. The summed E-state index contributed by atoms with van der Waals surface area (Å²) in [5.41, 5.74) is 5.13. The minimum atomic E-state index is -0.888. The van der Waals surface area contributed by atoms with Gasteiger partial charge in [0, 0.05) is 6.08 Å². The lowest BCUT2D eigenvalue weighted by molar-refractivity contribution is -0.131. The third-order valence-electron chi connectivity index (χ3n) is 3.50. The molecule has 0 radical (unpaired) electrons. The van der Waals surface area contributed by atoms with E-state index in [9.17, 15) is 18.8 Å². The van der Waals surface area contributed by atoms with E-state index in [4.69, 9.17) is 4.74 Å². The van der Waals surface area contributed by atoms with E-state index in [2.05, 4.69) is 16.2 Å². The number of hydrogen-bond donors (Lipinski definition) is 3. The molecule has 0 spiro atoms.